The number of anilines is 1. The molecule has 2 N–H and O–H groups in total. The van der Waals surface area contributed by atoms with Gasteiger partial charge < -0.3 is 0 Å². The number of carbonyl (C=O) groups is 1. The number of hydrogen-bond acceptors (Lipinski definition) is 3. The fraction of sp³-hybridized carbons (Fsp3) is 0.357. The van der Waals surface area contributed by atoms with Gasteiger partial charge >= 0.3 is 0 Å². The van der Waals surface area contributed by atoms with Crippen LogP contribution in [0.15, 0.2) is 24.3 Å². The summed E-state index contributed by atoms with van der Waals surface area (Å²) in [5.74, 6) is 0.927. The Morgan fingerprint density at radius 1 is 1.45 bits per heavy atom. The number of halogens is 1. The standard InChI is InChI=1S/C14H15ClN4O/c1-9-16-13(19-18-9)17-12(20)14(6-3-7-14)10-4-2-5-11(15)8-10/h2,4-5,8H,3,6-7H2,1H3,(H2,16,17,18,19,20). The summed E-state index contributed by atoms with van der Waals surface area (Å²) in [5, 5.41) is 10.1. The van der Waals surface area contributed by atoms with Crippen molar-refractivity contribution in [1.29, 1.82) is 0 Å². The third-order valence-electron chi connectivity index (χ3n) is 3.84. The maximum atomic E-state index is 12.6. The van der Waals surface area contributed by atoms with E-state index in [2.05, 4.69) is 20.5 Å². The van der Waals surface area contributed by atoms with Gasteiger partial charge in [0.1, 0.15) is 5.82 Å². The molecule has 0 saturated heterocycles. The van der Waals surface area contributed by atoms with Crippen LogP contribution in [0.5, 0.6) is 0 Å². The molecule has 1 saturated carbocycles. The number of amides is 1. The highest BCUT2D eigenvalue weighted by Gasteiger charge is 2.46. The van der Waals surface area contributed by atoms with Crippen molar-refractivity contribution in [1.82, 2.24) is 15.2 Å². The van der Waals surface area contributed by atoms with Gasteiger partial charge in [-0.1, -0.05) is 30.2 Å². The second-order valence-electron chi connectivity index (χ2n) is 5.14. The molecule has 0 aliphatic heterocycles. The van der Waals surface area contributed by atoms with Crippen molar-refractivity contribution in [2.45, 2.75) is 31.6 Å². The first kappa shape index (κ1) is 13.1. The molecule has 104 valence electrons. The summed E-state index contributed by atoms with van der Waals surface area (Å²) in [7, 11) is 0. The Kier molecular flexibility index (Phi) is 3.22. The zero-order chi connectivity index (χ0) is 14.2. The Hall–Kier alpha value is -1.88. The van der Waals surface area contributed by atoms with E-state index in [4.69, 9.17) is 11.6 Å². The number of hydrogen-bond donors (Lipinski definition) is 2. The van der Waals surface area contributed by atoms with E-state index in [1.165, 1.54) is 0 Å². The molecule has 1 fully saturated rings. The predicted molar refractivity (Wildman–Crippen MR) is 76.7 cm³/mol. The molecule has 1 aromatic heterocycles. The number of aromatic nitrogens is 3. The summed E-state index contributed by atoms with van der Waals surface area (Å²) in [4.78, 5) is 16.7. The van der Waals surface area contributed by atoms with Gasteiger partial charge in [0.2, 0.25) is 11.9 Å². The predicted octanol–water partition coefficient (Wildman–Crippen LogP) is 2.83. The molecule has 2 aromatic rings. The third-order valence-corrected chi connectivity index (χ3v) is 4.08. The van der Waals surface area contributed by atoms with E-state index in [-0.39, 0.29) is 5.91 Å². The Bertz CT molecular complexity index is 648. The number of nitrogens with zero attached hydrogens (tertiary/aromatic N) is 2. The van der Waals surface area contributed by atoms with E-state index in [1.807, 2.05) is 24.3 Å². The minimum atomic E-state index is -0.501. The molecule has 1 heterocycles. The average molecular weight is 291 g/mol. The van der Waals surface area contributed by atoms with Crippen LogP contribution in [0.3, 0.4) is 0 Å². The molecule has 20 heavy (non-hydrogen) atoms. The Morgan fingerprint density at radius 3 is 2.80 bits per heavy atom. The summed E-state index contributed by atoms with van der Waals surface area (Å²) in [6.45, 7) is 1.79. The summed E-state index contributed by atoms with van der Waals surface area (Å²) < 4.78 is 0. The lowest BCUT2D eigenvalue weighted by molar-refractivity contribution is -0.124. The Morgan fingerprint density at radius 2 is 2.25 bits per heavy atom. The highest BCUT2D eigenvalue weighted by Crippen LogP contribution is 2.45. The van der Waals surface area contributed by atoms with Crippen molar-refractivity contribution < 1.29 is 4.79 Å². The second-order valence-corrected chi connectivity index (χ2v) is 5.58. The van der Waals surface area contributed by atoms with Gasteiger partial charge in [-0.3, -0.25) is 15.2 Å². The van der Waals surface area contributed by atoms with Crippen LogP contribution >= 0.6 is 11.6 Å². The number of nitrogens with one attached hydrogen (secondary N) is 2. The monoisotopic (exact) mass is 290 g/mol. The van der Waals surface area contributed by atoms with Crippen LogP contribution in [0.1, 0.15) is 30.7 Å². The molecule has 0 spiro atoms. The summed E-state index contributed by atoms with van der Waals surface area (Å²) in [6.07, 6.45) is 2.68. The summed E-state index contributed by atoms with van der Waals surface area (Å²) in [5.41, 5.74) is 0.459. The highest BCUT2D eigenvalue weighted by molar-refractivity contribution is 6.30. The summed E-state index contributed by atoms with van der Waals surface area (Å²) in [6, 6.07) is 7.51. The first-order chi connectivity index (χ1) is 9.60. The minimum absolute atomic E-state index is 0.0648. The molecule has 3 rings (SSSR count). The molecular weight excluding hydrogens is 276 g/mol. The molecule has 0 bridgehead atoms. The van der Waals surface area contributed by atoms with E-state index in [1.54, 1.807) is 6.92 Å². The normalized spacial score (nSPS) is 16.5. The molecule has 0 atom stereocenters. The Labute approximate surface area is 121 Å². The molecule has 1 aliphatic rings. The highest BCUT2D eigenvalue weighted by atomic mass is 35.5. The lowest BCUT2D eigenvalue weighted by Gasteiger charge is -2.40. The fourth-order valence-corrected chi connectivity index (χ4v) is 2.77. The molecule has 1 aromatic carbocycles. The topological polar surface area (TPSA) is 70.7 Å². The average Bonchev–Trinajstić information content (AvgIpc) is 2.73. The quantitative estimate of drug-likeness (QED) is 0.913. The van der Waals surface area contributed by atoms with Crippen LogP contribution in [0, 0.1) is 6.92 Å². The largest absolute Gasteiger partial charge is 0.292 e. The molecular formula is C14H15ClN4O. The van der Waals surface area contributed by atoms with E-state index < -0.39 is 5.41 Å². The van der Waals surface area contributed by atoms with Gasteiger partial charge in [0, 0.05) is 5.02 Å². The van der Waals surface area contributed by atoms with Crippen molar-refractivity contribution in [3.05, 3.63) is 40.7 Å². The number of aromatic amines is 1. The molecule has 5 nitrogen and oxygen atoms in total. The molecule has 6 heteroatoms. The fourth-order valence-electron chi connectivity index (χ4n) is 2.58. The van der Waals surface area contributed by atoms with Crippen LogP contribution in [0.25, 0.3) is 0 Å². The van der Waals surface area contributed by atoms with Crippen LogP contribution in [0.2, 0.25) is 5.02 Å². The van der Waals surface area contributed by atoms with E-state index in [0.29, 0.717) is 16.8 Å². The lowest BCUT2D eigenvalue weighted by atomic mass is 9.64. The first-order valence-electron chi connectivity index (χ1n) is 6.57. The second kappa shape index (κ2) is 4.90. The van der Waals surface area contributed by atoms with Gasteiger partial charge in [-0.2, -0.15) is 4.98 Å². The minimum Gasteiger partial charge on any atom is -0.292 e. The third kappa shape index (κ3) is 2.18. The zero-order valence-corrected chi connectivity index (χ0v) is 11.9. The van der Waals surface area contributed by atoms with Crippen LogP contribution in [-0.2, 0) is 10.2 Å². The van der Waals surface area contributed by atoms with Gasteiger partial charge in [-0.15, -0.1) is 5.10 Å². The number of rotatable bonds is 3. The number of H-pyrrole nitrogens is 1. The number of benzene rings is 1. The van der Waals surface area contributed by atoms with Crippen LogP contribution in [-0.4, -0.2) is 21.1 Å². The maximum Gasteiger partial charge on any atom is 0.248 e. The van der Waals surface area contributed by atoms with Gasteiger partial charge in [0.05, 0.1) is 5.41 Å². The van der Waals surface area contributed by atoms with Crippen molar-refractivity contribution in [3.63, 3.8) is 0 Å². The van der Waals surface area contributed by atoms with E-state index in [9.17, 15) is 4.79 Å². The van der Waals surface area contributed by atoms with Gasteiger partial charge in [0.15, 0.2) is 0 Å². The van der Waals surface area contributed by atoms with Crippen molar-refractivity contribution >= 4 is 23.5 Å². The molecule has 1 aliphatic carbocycles. The summed E-state index contributed by atoms with van der Waals surface area (Å²) >= 11 is 6.04. The van der Waals surface area contributed by atoms with Crippen molar-refractivity contribution in [2.24, 2.45) is 0 Å². The molecule has 1 amide bonds. The maximum absolute atomic E-state index is 12.6. The van der Waals surface area contributed by atoms with Gasteiger partial charge in [-0.25, -0.2) is 0 Å². The smallest absolute Gasteiger partial charge is 0.248 e. The number of aryl methyl sites for hydroxylation is 1. The first-order valence-corrected chi connectivity index (χ1v) is 6.94. The lowest BCUT2D eigenvalue weighted by Crippen LogP contribution is -2.46. The van der Waals surface area contributed by atoms with Crippen molar-refractivity contribution in [3.8, 4) is 0 Å². The number of carbonyl (C=O) groups excluding carboxylic acids is 1. The Balaban J connectivity index is 1.87. The zero-order valence-electron chi connectivity index (χ0n) is 11.1. The van der Waals surface area contributed by atoms with Gasteiger partial charge in [-0.05, 0) is 37.5 Å². The molecule has 0 unspecified atom stereocenters. The SMILES string of the molecule is Cc1nc(NC(=O)C2(c3cccc(Cl)c3)CCC2)n[nH]1. The molecule has 0 radical (unpaired) electrons. The van der Waals surface area contributed by atoms with E-state index in [0.717, 1.165) is 24.8 Å². The van der Waals surface area contributed by atoms with Crippen LogP contribution in [0.4, 0.5) is 5.95 Å². The van der Waals surface area contributed by atoms with Crippen molar-refractivity contribution in [2.75, 3.05) is 5.32 Å². The van der Waals surface area contributed by atoms with E-state index >= 15 is 0 Å². The van der Waals surface area contributed by atoms with Gasteiger partial charge in [0.25, 0.3) is 0 Å². The van der Waals surface area contributed by atoms with Crippen LogP contribution < -0.4 is 5.32 Å².